The number of carbonyl (C=O) groups is 1. The first-order valence-corrected chi connectivity index (χ1v) is 14.8. The molecule has 206 valence electrons. The van der Waals surface area contributed by atoms with Gasteiger partial charge in [0.15, 0.2) is 5.13 Å². The smallest absolute Gasteiger partial charge is 0.407 e. The fourth-order valence-corrected chi connectivity index (χ4v) is 6.84. The van der Waals surface area contributed by atoms with Crippen molar-refractivity contribution >= 4 is 42.8 Å². The van der Waals surface area contributed by atoms with Crippen LogP contribution in [0.25, 0.3) is 10.2 Å². The van der Waals surface area contributed by atoms with Crippen molar-refractivity contribution in [3.05, 3.63) is 54.1 Å². The number of anilines is 1. The minimum absolute atomic E-state index is 0.00683. The van der Waals surface area contributed by atoms with Crippen molar-refractivity contribution in [2.24, 2.45) is 5.92 Å². The van der Waals surface area contributed by atoms with Crippen LogP contribution in [0.4, 0.5) is 9.93 Å². The number of nitrogen functional groups attached to an aromatic ring is 1. The van der Waals surface area contributed by atoms with Gasteiger partial charge < -0.3 is 25.6 Å². The van der Waals surface area contributed by atoms with E-state index < -0.39 is 28.3 Å². The van der Waals surface area contributed by atoms with Crippen molar-refractivity contribution in [3.8, 4) is 0 Å². The number of hydrogen-bond donors (Lipinski definition) is 3. The summed E-state index contributed by atoms with van der Waals surface area (Å²) in [6.07, 6.45) is -1.33. The number of thiazole rings is 1. The summed E-state index contributed by atoms with van der Waals surface area (Å²) in [5.41, 5.74) is 7.30. The number of aliphatic hydroxyl groups is 1. The predicted octanol–water partition coefficient (Wildman–Crippen LogP) is 3.01. The quantitative estimate of drug-likeness (QED) is 0.324. The average molecular weight is 563 g/mol. The first kappa shape index (κ1) is 28.2. The molecule has 1 aliphatic rings. The molecule has 4 N–H and O–H groups in total. The van der Waals surface area contributed by atoms with Gasteiger partial charge in [-0.15, -0.1) is 0 Å². The maximum absolute atomic E-state index is 13.7. The number of rotatable bonds is 11. The zero-order valence-electron chi connectivity index (χ0n) is 21.4. The van der Waals surface area contributed by atoms with Crippen LogP contribution < -0.4 is 11.1 Å². The second kappa shape index (κ2) is 12.4. The Morgan fingerprint density at radius 1 is 1.26 bits per heavy atom. The molecule has 0 radical (unpaired) electrons. The van der Waals surface area contributed by atoms with Gasteiger partial charge in [0.05, 0.1) is 40.5 Å². The summed E-state index contributed by atoms with van der Waals surface area (Å²) in [6.45, 7) is 4.63. The number of sulfonamides is 1. The normalized spacial score (nSPS) is 17.7. The van der Waals surface area contributed by atoms with E-state index in [1.165, 1.54) is 21.7 Å². The van der Waals surface area contributed by atoms with Gasteiger partial charge in [-0.25, -0.2) is 18.2 Å². The van der Waals surface area contributed by atoms with Crippen LogP contribution >= 0.6 is 11.3 Å². The average Bonchev–Trinajstić information content (AvgIpc) is 3.51. The number of alkyl carbamates (subject to hydrolysis) is 1. The monoisotopic (exact) mass is 562 g/mol. The number of aliphatic hydroxyl groups excluding tert-OH is 1. The largest absolute Gasteiger partial charge is 0.444 e. The van der Waals surface area contributed by atoms with Gasteiger partial charge in [0.2, 0.25) is 10.0 Å². The Labute approximate surface area is 226 Å². The molecule has 1 fully saturated rings. The van der Waals surface area contributed by atoms with Gasteiger partial charge in [-0.1, -0.05) is 55.5 Å². The SMILES string of the molecule is CC(C)CN(CC(O)C(Cc1ccccc1)NC(=O)OC1CCOC1)S(=O)(=O)c1ccc2nc(N)sc2c1. The van der Waals surface area contributed by atoms with Crippen molar-refractivity contribution < 1.29 is 27.8 Å². The zero-order chi connectivity index (χ0) is 27.3. The highest BCUT2D eigenvalue weighted by molar-refractivity contribution is 7.89. The van der Waals surface area contributed by atoms with Crippen molar-refractivity contribution in [2.45, 2.75) is 49.8 Å². The van der Waals surface area contributed by atoms with Crippen LogP contribution in [0.15, 0.2) is 53.4 Å². The Balaban J connectivity index is 1.56. The summed E-state index contributed by atoms with van der Waals surface area (Å²) in [6, 6.07) is 13.3. The van der Waals surface area contributed by atoms with Crippen molar-refractivity contribution in [3.63, 3.8) is 0 Å². The van der Waals surface area contributed by atoms with Crippen LogP contribution in [0, 0.1) is 5.92 Å². The van der Waals surface area contributed by atoms with Crippen molar-refractivity contribution in [2.75, 3.05) is 32.0 Å². The van der Waals surface area contributed by atoms with Gasteiger partial charge in [-0.2, -0.15) is 4.31 Å². The predicted molar refractivity (Wildman–Crippen MR) is 146 cm³/mol. The third-order valence-electron chi connectivity index (χ3n) is 6.20. The molecular weight excluding hydrogens is 528 g/mol. The molecule has 1 amide bonds. The Hall–Kier alpha value is -2.77. The Kier molecular flexibility index (Phi) is 9.21. The molecular formula is C26H34N4O6S2. The Morgan fingerprint density at radius 2 is 2.03 bits per heavy atom. The summed E-state index contributed by atoms with van der Waals surface area (Å²) in [4.78, 5) is 17.0. The van der Waals surface area contributed by atoms with Crippen LogP contribution in [-0.2, 0) is 25.9 Å². The summed E-state index contributed by atoms with van der Waals surface area (Å²) in [5.74, 6) is -0.00683. The molecule has 2 heterocycles. The number of fused-ring (bicyclic) bond motifs is 1. The second-order valence-corrected chi connectivity index (χ2v) is 12.8. The Bertz CT molecular complexity index is 1330. The van der Waals surface area contributed by atoms with Gasteiger partial charge in [0.25, 0.3) is 0 Å². The lowest BCUT2D eigenvalue weighted by Gasteiger charge is -2.30. The second-order valence-electron chi connectivity index (χ2n) is 9.80. The summed E-state index contributed by atoms with van der Waals surface area (Å²) in [7, 11) is -3.98. The van der Waals surface area contributed by atoms with E-state index in [0.717, 1.165) is 5.56 Å². The molecule has 3 unspecified atom stereocenters. The van der Waals surface area contributed by atoms with E-state index in [-0.39, 0.29) is 30.0 Å². The van der Waals surface area contributed by atoms with Crippen LogP contribution in [0.3, 0.4) is 0 Å². The minimum Gasteiger partial charge on any atom is -0.444 e. The fourth-order valence-electron chi connectivity index (χ4n) is 4.34. The van der Waals surface area contributed by atoms with E-state index in [2.05, 4.69) is 10.3 Å². The Morgan fingerprint density at radius 3 is 2.71 bits per heavy atom. The van der Waals surface area contributed by atoms with Crippen LogP contribution in [0.1, 0.15) is 25.8 Å². The number of ether oxygens (including phenoxy) is 2. The van der Waals surface area contributed by atoms with E-state index in [4.69, 9.17) is 15.2 Å². The first-order chi connectivity index (χ1) is 18.1. The highest BCUT2D eigenvalue weighted by atomic mass is 32.2. The summed E-state index contributed by atoms with van der Waals surface area (Å²) in [5, 5.41) is 14.4. The molecule has 0 saturated carbocycles. The number of nitrogens with one attached hydrogen (secondary N) is 1. The number of aromatic nitrogens is 1. The molecule has 1 aromatic heterocycles. The summed E-state index contributed by atoms with van der Waals surface area (Å²) >= 11 is 1.21. The maximum atomic E-state index is 13.7. The minimum atomic E-state index is -3.98. The number of amides is 1. The molecule has 0 bridgehead atoms. The molecule has 38 heavy (non-hydrogen) atoms. The maximum Gasteiger partial charge on any atom is 0.407 e. The highest BCUT2D eigenvalue weighted by Crippen LogP contribution is 2.28. The first-order valence-electron chi connectivity index (χ1n) is 12.5. The highest BCUT2D eigenvalue weighted by Gasteiger charge is 2.32. The molecule has 12 heteroatoms. The van der Waals surface area contributed by atoms with Gasteiger partial charge in [-0.05, 0) is 36.1 Å². The summed E-state index contributed by atoms with van der Waals surface area (Å²) < 4.78 is 40.1. The fraction of sp³-hybridized carbons (Fsp3) is 0.462. The molecule has 10 nitrogen and oxygen atoms in total. The van der Waals surface area contributed by atoms with Crippen molar-refractivity contribution in [1.29, 1.82) is 0 Å². The van der Waals surface area contributed by atoms with E-state index >= 15 is 0 Å². The molecule has 1 saturated heterocycles. The van der Waals surface area contributed by atoms with Gasteiger partial charge in [-0.3, -0.25) is 0 Å². The molecule has 4 rings (SSSR count). The van der Waals surface area contributed by atoms with Crippen LogP contribution in [-0.4, -0.2) is 73.5 Å². The van der Waals surface area contributed by atoms with Crippen molar-refractivity contribution in [1.82, 2.24) is 14.6 Å². The number of carbonyl (C=O) groups excluding carboxylic acids is 1. The lowest BCUT2D eigenvalue weighted by atomic mass is 10.0. The van der Waals surface area contributed by atoms with Crippen LogP contribution in [0.5, 0.6) is 0 Å². The lowest BCUT2D eigenvalue weighted by Crippen LogP contribution is -2.51. The molecule has 1 aliphatic heterocycles. The number of nitrogens with two attached hydrogens (primary N) is 1. The molecule has 3 aromatic rings. The molecule has 3 atom stereocenters. The third-order valence-corrected chi connectivity index (χ3v) is 8.88. The number of hydrogen-bond acceptors (Lipinski definition) is 9. The standard InChI is InChI=1S/C26H34N4O6S2/c1-17(2)14-30(38(33,34)20-8-9-21-24(13-20)37-25(27)28-21)15-23(31)22(12-18-6-4-3-5-7-18)29-26(32)36-19-10-11-35-16-19/h3-9,13,17,19,22-23,31H,10-12,14-16H2,1-2H3,(H2,27,28)(H,29,32). The zero-order valence-corrected chi connectivity index (χ0v) is 23.1. The molecule has 0 aliphatic carbocycles. The topological polar surface area (TPSA) is 144 Å². The van der Waals surface area contributed by atoms with Gasteiger partial charge in [0.1, 0.15) is 6.10 Å². The number of benzene rings is 2. The van der Waals surface area contributed by atoms with E-state index in [1.807, 2.05) is 44.2 Å². The number of nitrogens with zero attached hydrogens (tertiary/aromatic N) is 2. The molecule has 2 aromatic carbocycles. The molecule has 0 spiro atoms. The van der Waals surface area contributed by atoms with Crippen LogP contribution in [0.2, 0.25) is 0 Å². The van der Waals surface area contributed by atoms with E-state index in [1.54, 1.807) is 12.1 Å². The van der Waals surface area contributed by atoms with Gasteiger partial charge in [0, 0.05) is 19.5 Å². The van der Waals surface area contributed by atoms with E-state index in [0.29, 0.717) is 41.4 Å². The lowest BCUT2D eigenvalue weighted by molar-refractivity contribution is 0.0644. The van der Waals surface area contributed by atoms with Gasteiger partial charge >= 0.3 is 6.09 Å². The third kappa shape index (κ3) is 7.20. The van der Waals surface area contributed by atoms with E-state index in [9.17, 15) is 18.3 Å².